The van der Waals surface area contributed by atoms with Crippen molar-refractivity contribution in [2.24, 2.45) is 7.05 Å². The van der Waals surface area contributed by atoms with Gasteiger partial charge in [-0.1, -0.05) is 54.6 Å². The van der Waals surface area contributed by atoms with E-state index in [1.807, 2.05) is 54.6 Å². The van der Waals surface area contributed by atoms with Crippen LogP contribution < -0.4 is 10.9 Å². The highest BCUT2D eigenvalue weighted by atomic mass is 16.3. The summed E-state index contributed by atoms with van der Waals surface area (Å²) in [5.74, 6) is 0.236. The molecule has 0 saturated carbocycles. The zero-order valence-corrected chi connectivity index (χ0v) is 13.4. The van der Waals surface area contributed by atoms with Gasteiger partial charge in [0.2, 0.25) is 0 Å². The average molecular weight is 321 g/mol. The first kappa shape index (κ1) is 16.0. The van der Waals surface area contributed by atoms with Crippen LogP contribution in [-0.2, 0) is 7.05 Å². The third-order valence-electron chi connectivity index (χ3n) is 3.88. The monoisotopic (exact) mass is 321 g/mol. The Kier molecular flexibility index (Phi) is 4.72. The summed E-state index contributed by atoms with van der Waals surface area (Å²) in [5.41, 5.74) is 2.80. The molecule has 1 aromatic heterocycles. The fraction of sp³-hybridized carbons (Fsp3) is 0.158. The van der Waals surface area contributed by atoms with Crippen molar-refractivity contribution in [3.05, 3.63) is 82.9 Å². The minimum atomic E-state index is -0.721. The van der Waals surface area contributed by atoms with Crippen LogP contribution in [0.15, 0.2) is 71.8 Å². The van der Waals surface area contributed by atoms with Gasteiger partial charge in [-0.25, -0.2) is 4.98 Å². The van der Waals surface area contributed by atoms with Crippen LogP contribution in [0.4, 0.5) is 5.82 Å². The Labute approximate surface area is 140 Å². The van der Waals surface area contributed by atoms with Crippen LogP contribution in [0, 0.1) is 0 Å². The number of benzene rings is 2. The molecule has 1 atom stereocenters. The third-order valence-corrected chi connectivity index (χ3v) is 3.88. The molecule has 2 N–H and O–H groups in total. The Morgan fingerprint density at radius 1 is 1.08 bits per heavy atom. The van der Waals surface area contributed by atoms with Gasteiger partial charge in [-0.2, -0.15) is 0 Å². The van der Waals surface area contributed by atoms with Gasteiger partial charge >= 0.3 is 0 Å². The number of aryl methyl sites for hydroxylation is 1. The van der Waals surface area contributed by atoms with Gasteiger partial charge in [-0.3, -0.25) is 4.79 Å². The number of rotatable bonds is 5. The molecule has 1 heterocycles. The van der Waals surface area contributed by atoms with Crippen LogP contribution in [-0.4, -0.2) is 21.2 Å². The van der Waals surface area contributed by atoms with Gasteiger partial charge in [-0.05, 0) is 16.7 Å². The smallest absolute Gasteiger partial charge is 0.293 e. The Morgan fingerprint density at radius 3 is 2.46 bits per heavy atom. The maximum Gasteiger partial charge on any atom is 0.293 e. The molecule has 0 amide bonds. The lowest BCUT2D eigenvalue weighted by Gasteiger charge is -2.13. The van der Waals surface area contributed by atoms with Gasteiger partial charge in [-0.15, -0.1) is 0 Å². The Morgan fingerprint density at radius 2 is 1.75 bits per heavy atom. The SMILES string of the molecule is Cn1ccnc(NCC(O)c2ccc(-c3ccccc3)cc2)c1=O. The molecule has 2 aromatic carbocycles. The van der Waals surface area contributed by atoms with Crippen LogP contribution in [0.3, 0.4) is 0 Å². The van der Waals surface area contributed by atoms with Crippen molar-refractivity contribution in [1.29, 1.82) is 0 Å². The highest BCUT2D eigenvalue weighted by Gasteiger charge is 2.10. The molecule has 1 unspecified atom stereocenters. The summed E-state index contributed by atoms with van der Waals surface area (Å²) in [6.07, 6.45) is 2.42. The summed E-state index contributed by atoms with van der Waals surface area (Å²) in [4.78, 5) is 15.9. The number of nitrogens with zero attached hydrogens (tertiary/aromatic N) is 2. The molecule has 0 aliphatic carbocycles. The van der Waals surface area contributed by atoms with E-state index < -0.39 is 6.10 Å². The maximum absolute atomic E-state index is 11.9. The molecule has 0 radical (unpaired) electrons. The summed E-state index contributed by atoms with van der Waals surface area (Å²) >= 11 is 0. The summed E-state index contributed by atoms with van der Waals surface area (Å²) in [6, 6.07) is 17.8. The predicted molar refractivity (Wildman–Crippen MR) is 94.8 cm³/mol. The zero-order chi connectivity index (χ0) is 16.9. The Bertz CT molecular complexity index is 858. The van der Waals surface area contributed by atoms with Crippen molar-refractivity contribution in [1.82, 2.24) is 9.55 Å². The number of hydrogen-bond acceptors (Lipinski definition) is 4. The van der Waals surface area contributed by atoms with E-state index in [0.29, 0.717) is 0 Å². The van der Waals surface area contributed by atoms with E-state index in [-0.39, 0.29) is 17.9 Å². The minimum Gasteiger partial charge on any atom is -0.387 e. The lowest BCUT2D eigenvalue weighted by molar-refractivity contribution is 0.191. The number of aromatic nitrogens is 2. The van der Waals surface area contributed by atoms with Gasteiger partial charge in [0.05, 0.1) is 6.10 Å². The van der Waals surface area contributed by atoms with Crippen molar-refractivity contribution < 1.29 is 5.11 Å². The minimum absolute atomic E-state index is 0.218. The van der Waals surface area contributed by atoms with Gasteiger partial charge in [0, 0.05) is 26.0 Å². The van der Waals surface area contributed by atoms with Gasteiger partial charge < -0.3 is 15.0 Å². The van der Waals surface area contributed by atoms with Crippen LogP contribution in [0.25, 0.3) is 11.1 Å². The first-order valence-corrected chi connectivity index (χ1v) is 7.74. The number of nitrogens with one attached hydrogen (secondary N) is 1. The highest BCUT2D eigenvalue weighted by Crippen LogP contribution is 2.21. The van der Waals surface area contributed by atoms with E-state index in [1.165, 1.54) is 4.57 Å². The van der Waals surface area contributed by atoms with Gasteiger partial charge in [0.15, 0.2) is 5.82 Å². The first-order valence-electron chi connectivity index (χ1n) is 7.74. The number of anilines is 1. The molecular formula is C19H19N3O2. The summed E-state index contributed by atoms with van der Waals surface area (Å²) in [7, 11) is 1.66. The zero-order valence-electron chi connectivity index (χ0n) is 13.4. The van der Waals surface area contributed by atoms with E-state index in [4.69, 9.17) is 0 Å². The number of aliphatic hydroxyl groups excluding tert-OH is 1. The van der Waals surface area contributed by atoms with E-state index in [2.05, 4.69) is 10.3 Å². The lowest BCUT2D eigenvalue weighted by Crippen LogP contribution is -2.24. The molecule has 24 heavy (non-hydrogen) atoms. The lowest BCUT2D eigenvalue weighted by atomic mass is 10.0. The van der Waals surface area contributed by atoms with Crippen molar-refractivity contribution in [2.45, 2.75) is 6.10 Å². The molecule has 0 aliphatic heterocycles. The summed E-state index contributed by atoms with van der Waals surface area (Å²) in [6.45, 7) is 0.219. The second kappa shape index (κ2) is 7.10. The molecule has 0 saturated heterocycles. The Hall–Kier alpha value is -2.92. The largest absolute Gasteiger partial charge is 0.387 e. The first-order chi connectivity index (χ1) is 11.6. The van der Waals surface area contributed by atoms with E-state index in [9.17, 15) is 9.90 Å². The molecule has 3 aromatic rings. The van der Waals surface area contributed by atoms with Gasteiger partial charge in [0.1, 0.15) is 0 Å². The second-order valence-electron chi connectivity index (χ2n) is 5.58. The van der Waals surface area contributed by atoms with Crippen LogP contribution >= 0.6 is 0 Å². The molecule has 0 spiro atoms. The molecule has 122 valence electrons. The molecular weight excluding hydrogens is 302 g/mol. The van der Waals surface area contributed by atoms with E-state index in [0.717, 1.165) is 16.7 Å². The molecule has 3 rings (SSSR count). The van der Waals surface area contributed by atoms with Gasteiger partial charge in [0.25, 0.3) is 5.56 Å². The summed E-state index contributed by atoms with van der Waals surface area (Å²) in [5, 5.41) is 13.2. The topological polar surface area (TPSA) is 67.2 Å². The quantitative estimate of drug-likeness (QED) is 0.758. The molecule has 0 aliphatic rings. The van der Waals surface area contributed by atoms with Crippen LogP contribution in [0.5, 0.6) is 0 Å². The van der Waals surface area contributed by atoms with Crippen molar-refractivity contribution >= 4 is 5.82 Å². The average Bonchev–Trinajstić information content (AvgIpc) is 2.63. The fourth-order valence-corrected chi connectivity index (χ4v) is 2.46. The third kappa shape index (κ3) is 3.52. The maximum atomic E-state index is 11.9. The standard InChI is InChI=1S/C19H19N3O2/c1-22-12-11-20-18(19(22)24)21-13-17(23)16-9-7-15(8-10-16)14-5-3-2-4-6-14/h2-12,17,23H,13H2,1H3,(H,20,21). The number of aliphatic hydroxyl groups is 1. The van der Waals surface area contributed by atoms with E-state index >= 15 is 0 Å². The molecule has 5 heteroatoms. The van der Waals surface area contributed by atoms with Crippen molar-refractivity contribution in [3.8, 4) is 11.1 Å². The van der Waals surface area contributed by atoms with E-state index in [1.54, 1.807) is 19.4 Å². The second-order valence-corrected chi connectivity index (χ2v) is 5.58. The molecule has 0 bridgehead atoms. The van der Waals surface area contributed by atoms with Crippen LogP contribution in [0.2, 0.25) is 0 Å². The van der Waals surface area contributed by atoms with Crippen molar-refractivity contribution in [2.75, 3.05) is 11.9 Å². The Balaban J connectivity index is 1.68. The van der Waals surface area contributed by atoms with Crippen LogP contribution in [0.1, 0.15) is 11.7 Å². The molecule has 5 nitrogen and oxygen atoms in total. The normalized spacial score (nSPS) is 11.9. The summed E-state index contributed by atoms with van der Waals surface area (Å²) < 4.78 is 1.44. The predicted octanol–water partition coefficient (Wildman–Crippen LogP) is 2.59. The number of hydrogen-bond donors (Lipinski definition) is 2. The molecule has 0 fully saturated rings. The fourth-order valence-electron chi connectivity index (χ4n) is 2.46. The highest BCUT2D eigenvalue weighted by molar-refractivity contribution is 5.63. The van der Waals surface area contributed by atoms with Crippen molar-refractivity contribution in [3.63, 3.8) is 0 Å².